The van der Waals surface area contributed by atoms with E-state index in [9.17, 15) is 9.59 Å². The third-order valence-corrected chi connectivity index (χ3v) is 2.19. The van der Waals surface area contributed by atoms with Gasteiger partial charge in [0.25, 0.3) is 0 Å². The number of nitrogens with one attached hydrogen (secondary N) is 2. The molecule has 19 heavy (non-hydrogen) atoms. The van der Waals surface area contributed by atoms with Gasteiger partial charge in [0, 0.05) is 18.3 Å². The van der Waals surface area contributed by atoms with Gasteiger partial charge in [-0.2, -0.15) is 0 Å². The second kappa shape index (κ2) is 5.71. The number of carbonyl (C=O) groups is 2. The van der Waals surface area contributed by atoms with Crippen LogP contribution >= 0.6 is 0 Å². The Hall–Kier alpha value is -2.77. The minimum absolute atomic E-state index is 0.0421. The summed E-state index contributed by atoms with van der Waals surface area (Å²) in [6.07, 6.45) is 1.36. The van der Waals surface area contributed by atoms with Crippen LogP contribution in [0, 0.1) is 0 Å². The van der Waals surface area contributed by atoms with Crippen molar-refractivity contribution >= 4 is 23.2 Å². The highest BCUT2D eigenvalue weighted by molar-refractivity contribution is 5.92. The van der Waals surface area contributed by atoms with Gasteiger partial charge in [0.1, 0.15) is 12.9 Å². The number of rotatable bonds is 4. The highest BCUT2D eigenvalue weighted by atomic mass is 16.2. The number of nitrogens with zero attached hydrogens (tertiary/aromatic N) is 4. The van der Waals surface area contributed by atoms with Crippen molar-refractivity contribution in [2.75, 3.05) is 10.6 Å². The van der Waals surface area contributed by atoms with Crippen LogP contribution in [-0.2, 0) is 16.1 Å². The van der Waals surface area contributed by atoms with Crippen molar-refractivity contribution in [3.63, 3.8) is 0 Å². The van der Waals surface area contributed by atoms with E-state index >= 15 is 0 Å². The van der Waals surface area contributed by atoms with Gasteiger partial charge in [-0.25, -0.2) is 4.68 Å². The SMILES string of the molecule is CC(=O)Nc1ccc(NC(=O)Cn2cnnn2)cc1. The summed E-state index contributed by atoms with van der Waals surface area (Å²) >= 11 is 0. The first-order valence-electron chi connectivity index (χ1n) is 5.52. The lowest BCUT2D eigenvalue weighted by Gasteiger charge is -2.06. The van der Waals surface area contributed by atoms with Gasteiger partial charge < -0.3 is 10.6 Å². The zero-order valence-corrected chi connectivity index (χ0v) is 10.2. The molecule has 0 aliphatic carbocycles. The lowest BCUT2D eigenvalue weighted by Crippen LogP contribution is -2.19. The first-order chi connectivity index (χ1) is 9.13. The molecular formula is C11H12N6O2. The number of aromatic nitrogens is 4. The molecule has 8 nitrogen and oxygen atoms in total. The Bertz CT molecular complexity index is 563. The van der Waals surface area contributed by atoms with E-state index in [-0.39, 0.29) is 18.4 Å². The van der Waals surface area contributed by atoms with Crippen LogP contribution in [0.2, 0.25) is 0 Å². The number of tetrazole rings is 1. The summed E-state index contributed by atoms with van der Waals surface area (Å²) in [6.45, 7) is 1.47. The zero-order valence-electron chi connectivity index (χ0n) is 10.2. The van der Waals surface area contributed by atoms with Crippen molar-refractivity contribution in [1.82, 2.24) is 20.2 Å². The van der Waals surface area contributed by atoms with E-state index in [4.69, 9.17) is 0 Å². The normalized spacial score (nSPS) is 9.95. The molecule has 0 fully saturated rings. The maximum absolute atomic E-state index is 11.6. The lowest BCUT2D eigenvalue weighted by molar-refractivity contribution is -0.117. The van der Waals surface area contributed by atoms with Gasteiger partial charge in [-0.05, 0) is 34.7 Å². The summed E-state index contributed by atoms with van der Waals surface area (Å²) < 4.78 is 1.32. The summed E-state index contributed by atoms with van der Waals surface area (Å²) in [5.74, 6) is -0.380. The van der Waals surface area contributed by atoms with Crippen LogP contribution < -0.4 is 10.6 Å². The molecule has 1 aromatic carbocycles. The van der Waals surface area contributed by atoms with E-state index in [0.29, 0.717) is 11.4 Å². The average molecular weight is 260 g/mol. The summed E-state index contributed by atoms with van der Waals surface area (Å²) in [5.41, 5.74) is 1.30. The third-order valence-electron chi connectivity index (χ3n) is 2.19. The Morgan fingerprint density at radius 2 is 1.79 bits per heavy atom. The van der Waals surface area contributed by atoms with Crippen molar-refractivity contribution in [3.8, 4) is 0 Å². The van der Waals surface area contributed by atoms with Crippen molar-refractivity contribution in [3.05, 3.63) is 30.6 Å². The van der Waals surface area contributed by atoms with E-state index in [2.05, 4.69) is 26.2 Å². The zero-order chi connectivity index (χ0) is 13.7. The molecule has 98 valence electrons. The predicted molar refractivity (Wildman–Crippen MR) is 67.2 cm³/mol. The molecule has 0 spiro atoms. The fourth-order valence-corrected chi connectivity index (χ4v) is 1.44. The van der Waals surface area contributed by atoms with Gasteiger partial charge in [0.2, 0.25) is 11.8 Å². The fourth-order valence-electron chi connectivity index (χ4n) is 1.44. The second-order valence-electron chi connectivity index (χ2n) is 3.81. The first kappa shape index (κ1) is 12.7. The molecule has 1 heterocycles. The Morgan fingerprint density at radius 1 is 1.16 bits per heavy atom. The average Bonchev–Trinajstić information content (AvgIpc) is 2.83. The van der Waals surface area contributed by atoms with Crippen LogP contribution in [0.1, 0.15) is 6.92 Å². The molecule has 0 atom stereocenters. The Labute approximate surface area is 108 Å². The molecule has 2 N–H and O–H groups in total. The molecule has 2 aromatic rings. The quantitative estimate of drug-likeness (QED) is 0.821. The molecule has 1 aromatic heterocycles. The molecule has 0 radical (unpaired) electrons. The van der Waals surface area contributed by atoms with Crippen LogP contribution in [-0.4, -0.2) is 32.0 Å². The van der Waals surface area contributed by atoms with Crippen LogP contribution in [0.25, 0.3) is 0 Å². The molecular weight excluding hydrogens is 248 g/mol. The predicted octanol–water partition coefficient (Wildman–Crippen LogP) is 0.270. The monoisotopic (exact) mass is 260 g/mol. The molecule has 0 saturated carbocycles. The number of carbonyl (C=O) groups excluding carboxylic acids is 2. The van der Waals surface area contributed by atoms with Crippen LogP contribution in [0.3, 0.4) is 0 Å². The van der Waals surface area contributed by atoms with E-state index < -0.39 is 0 Å². The van der Waals surface area contributed by atoms with Crippen molar-refractivity contribution < 1.29 is 9.59 Å². The minimum atomic E-state index is -0.237. The molecule has 8 heteroatoms. The van der Waals surface area contributed by atoms with Crippen molar-refractivity contribution in [1.29, 1.82) is 0 Å². The Kier molecular flexibility index (Phi) is 3.81. The minimum Gasteiger partial charge on any atom is -0.326 e. The van der Waals surface area contributed by atoms with Gasteiger partial charge in [-0.3, -0.25) is 9.59 Å². The van der Waals surface area contributed by atoms with E-state index in [1.54, 1.807) is 24.3 Å². The molecule has 0 aliphatic rings. The first-order valence-corrected chi connectivity index (χ1v) is 5.52. The van der Waals surface area contributed by atoms with Crippen LogP contribution in [0.4, 0.5) is 11.4 Å². The maximum atomic E-state index is 11.6. The lowest BCUT2D eigenvalue weighted by atomic mass is 10.2. The van der Waals surface area contributed by atoms with Gasteiger partial charge in [-0.15, -0.1) is 5.10 Å². The standard InChI is InChI=1S/C11H12N6O2/c1-8(18)13-9-2-4-10(5-3-9)14-11(19)6-17-7-12-15-16-17/h2-5,7H,6H2,1H3,(H,13,18)(H,14,19). The summed E-state index contributed by atoms with van der Waals surface area (Å²) in [7, 11) is 0. The summed E-state index contributed by atoms with van der Waals surface area (Å²) in [4.78, 5) is 22.5. The number of hydrogen-bond acceptors (Lipinski definition) is 5. The summed E-state index contributed by atoms with van der Waals surface area (Å²) in [5, 5.41) is 15.8. The molecule has 0 bridgehead atoms. The second-order valence-corrected chi connectivity index (χ2v) is 3.81. The van der Waals surface area contributed by atoms with Crippen LogP contribution in [0.15, 0.2) is 30.6 Å². The molecule has 0 unspecified atom stereocenters. The number of hydrogen-bond donors (Lipinski definition) is 2. The van der Waals surface area contributed by atoms with Gasteiger partial charge >= 0.3 is 0 Å². The molecule has 0 saturated heterocycles. The topological polar surface area (TPSA) is 102 Å². The third kappa shape index (κ3) is 3.87. The maximum Gasteiger partial charge on any atom is 0.246 e. The van der Waals surface area contributed by atoms with Gasteiger partial charge in [0.15, 0.2) is 0 Å². The molecule has 2 rings (SSSR count). The number of benzene rings is 1. The van der Waals surface area contributed by atoms with Gasteiger partial charge in [-0.1, -0.05) is 0 Å². The molecule has 0 aliphatic heterocycles. The Balaban J connectivity index is 1.92. The van der Waals surface area contributed by atoms with E-state index in [1.807, 2.05) is 0 Å². The van der Waals surface area contributed by atoms with Crippen molar-refractivity contribution in [2.24, 2.45) is 0 Å². The number of amides is 2. The van der Waals surface area contributed by atoms with Gasteiger partial charge in [0.05, 0.1) is 0 Å². The fraction of sp³-hybridized carbons (Fsp3) is 0.182. The van der Waals surface area contributed by atoms with Crippen molar-refractivity contribution in [2.45, 2.75) is 13.5 Å². The van der Waals surface area contributed by atoms with E-state index in [0.717, 1.165) is 0 Å². The number of anilines is 2. The largest absolute Gasteiger partial charge is 0.326 e. The Morgan fingerprint density at radius 3 is 2.32 bits per heavy atom. The molecule has 2 amide bonds. The highest BCUT2D eigenvalue weighted by Gasteiger charge is 2.04. The highest BCUT2D eigenvalue weighted by Crippen LogP contribution is 2.13. The smallest absolute Gasteiger partial charge is 0.246 e. The summed E-state index contributed by atoms with van der Waals surface area (Å²) in [6, 6.07) is 6.80. The van der Waals surface area contributed by atoms with Crippen LogP contribution in [0.5, 0.6) is 0 Å². The van der Waals surface area contributed by atoms with E-state index in [1.165, 1.54) is 17.9 Å².